The van der Waals surface area contributed by atoms with Crippen molar-refractivity contribution in [1.29, 1.82) is 0 Å². The summed E-state index contributed by atoms with van der Waals surface area (Å²) >= 11 is 0. The first-order chi connectivity index (χ1) is 9.93. The van der Waals surface area contributed by atoms with Crippen molar-refractivity contribution in [2.45, 2.75) is 73.3 Å². The lowest BCUT2D eigenvalue weighted by atomic mass is 9.94. The van der Waals surface area contributed by atoms with E-state index in [0.29, 0.717) is 25.0 Å². The van der Waals surface area contributed by atoms with Crippen molar-refractivity contribution >= 4 is 0 Å². The molecule has 0 N–H and O–H groups in total. The number of hydrogen-bond donors (Lipinski definition) is 0. The lowest BCUT2D eigenvalue weighted by Crippen LogP contribution is -2.13. The SMILES string of the molecule is CC.CC(C)OCCOc1c(C(C)C)cccc1C(C)C. The minimum absolute atomic E-state index is 0.258. The summed E-state index contributed by atoms with van der Waals surface area (Å²) in [5, 5.41) is 0. The maximum Gasteiger partial charge on any atom is 0.126 e. The van der Waals surface area contributed by atoms with Gasteiger partial charge >= 0.3 is 0 Å². The number of hydrogen-bond acceptors (Lipinski definition) is 2. The minimum atomic E-state index is 0.258. The molecule has 0 unspecified atom stereocenters. The van der Waals surface area contributed by atoms with Gasteiger partial charge in [-0.2, -0.15) is 0 Å². The first-order valence-electron chi connectivity index (χ1n) is 8.30. The quantitative estimate of drug-likeness (QED) is 0.595. The maximum atomic E-state index is 6.02. The van der Waals surface area contributed by atoms with Crippen LogP contribution in [0.15, 0.2) is 18.2 Å². The minimum Gasteiger partial charge on any atom is -0.491 e. The Bertz CT molecular complexity index is 355. The molecule has 21 heavy (non-hydrogen) atoms. The third-order valence-electron chi connectivity index (χ3n) is 3.10. The van der Waals surface area contributed by atoms with E-state index >= 15 is 0 Å². The van der Waals surface area contributed by atoms with Gasteiger partial charge in [0.25, 0.3) is 0 Å². The van der Waals surface area contributed by atoms with E-state index in [9.17, 15) is 0 Å². The standard InChI is InChI=1S/C17H28O2.C2H6/c1-12(2)15-8-7-9-16(13(3)4)17(15)19-11-10-18-14(5)6;1-2/h7-9,12-14H,10-11H2,1-6H3;1-2H3. The van der Waals surface area contributed by atoms with Crippen molar-refractivity contribution in [3.63, 3.8) is 0 Å². The fraction of sp³-hybridized carbons (Fsp3) is 0.684. The molecule has 1 aromatic carbocycles. The van der Waals surface area contributed by atoms with Gasteiger partial charge in [-0.15, -0.1) is 0 Å². The second-order valence-corrected chi connectivity index (χ2v) is 5.84. The molecule has 0 aliphatic carbocycles. The zero-order chi connectivity index (χ0) is 16.4. The largest absolute Gasteiger partial charge is 0.491 e. The topological polar surface area (TPSA) is 18.5 Å². The van der Waals surface area contributed by atoms with Crippen molar-refractivity contribution in [2.75, 3.05) is 13.2 Å². The van der Waals surface area contributed by atoms with Crippen molar-refractivity contribution in [2.24, 2.45) is 0 Å². The molecule has 0 spiro atoms. The predicted molar refractivity (Wildman–Crippen MR) is 92.6 cm³/mol. The van der Waals surface area contributed by atoms with Crippen LogP contribution in [-0.2, 0) is 4.74 Å². The van der Waals surface area contributed by atoms with E-state index in [2.05, 4.69) is 45.9 Å². The van der Waals surface area contributed by atoms with Gasteiger partial charge in [-0.1, -0.05) is 59.7 Å². The number of ether oxygens (including phenoxy) is 2. The lowest BCUT2D eigenvalue weighted by molar-refractivity contribution is 0.0547. The highest BCUT2D eigenvalue weighted by Gasteiger charge is 2.14. The van der Waals surface area contributed by atoms with Crippen molar-refractivity contribution in [3.05, 3.63) is 29.3 Å². The highest BCUT2D eigenvalue weighted by Crippen LogP contribution is 2.34. The van der Waals surface area contributed by atoms with Crippen LogP contribution >= 0.6 is 0 Å². The Morgan fingerprint density at radius 1 is 0.810 bits per heavy atom. The fourth-order valence-corrected chi connectivity index (χ4v) is 2.08. The molecule has 0 radical (unpaired) electrons. The zero-order valence-electron chi connectivity index (χ0n) is 15.2. The Balaban J connectivity index is 0.00000191. The van der Waals surface area contributed by atoms with Gasteiger partial charge in [0.1, 0.15) is 12.4 Å². The van der Waals surface area contributed by atoms with Gasteiger partial charge in [0.05, 0.1) is 12.7 Å². The lowest BCUT2D eigenvalue weighted by Gasteiger charge is -2.20. The summed E-state index contributed by atoms with van der Waals surface area (Å²) in [7, 11) is 0. The molecule has 0 fully saturated rings. The van der Waals surface area contributed by atoms with Crippen LogP contribution in [-0.4, -0.2) is 19.3 Å². The first-order valence-corrected chi connectivity index (χ1v) is 8.30. The monoisotopic (exact) mass is 294 g/mol. The number of rotatable bonds is 7. The second-order valence-electron chi connectivity index (χ2n) is 5.84. The van der Waals surface area contributed by atoms with E-state index in [0.717, 1.165) is 5.75 Å². The Kier molecular flexibility index (Phi) is 10.2. The number of benzene rings is 1. The van der Waals surface area contributed by atoms with Crippen molar-refractivity contribution in [3.8, 4) is 5.75 Å². The molecule has 0 amide bonds. The normalized spacial score (nSPS) is 10.8. The van der Waals surface area contributed by atoms with E-state index in [1.807, 2.05) is 27.7 Å². The average Bonchev–Trinajstić information content (AvgIpc) is 2.45. The smallest absolute Gasteiger partial charge is 0.126 e. The van der Waals surface area contributed by atoms with Gasteiger partial charge < -0.3 is 9.47 Å². The van der Waals surface area contributed by atoms with Gasteiger partial charge in [0.2, 0.25) is 0 Å². The molecule has 1 aromatic rings. The van der Waals surface area contributed by atoms with Gasteiger partial charge in [-0.3, -0.25) is 0 Å². The Morgan fingerprint density at radius 2 is 1.29 bits per heavy atom. The van der Waals surface area contributed by atoms with E-state index in [4.69, 9.17) is 9.47 Å². The molecule has 0 bridgehead atoms. The molecule has 0 aliphatic rings. The predicted octanol–water partition coefficient (Wildman–Crippen LogP) is 5.76. The molecule has 0 heterocycles. The van der Waals surface area contributed by atoms with Gasteiger partial charge in [-0.25, -0.2) is 0 Å². The Hall–Kier alpha value is -1.02. The third kappa shape index (κ3) is 6.99. The highest BCUT2D eigenvalue weighted by atomic mass is 16.5. The van der Waals surface area contributed by atoms with Crippen LogP contribution in [0.3, 0.4) is 0 Å². The van der Waals surface area contributed by atoms with Crippen LogP contribution in [0.1, 0.15) is 78.4 Å². The van der Waals surface area contributed by atoms with Crippen molar-refractivity contribution < 1.29 is 9.47 Å². The number of para-hydroxylation sites is 1. The molecule has 2 nitrogen and oxygen atoms in total. The van der Waals surface area contributed by atoms with Crippen LogP contribution in [0.5, 0.6) is 5.75 Å². The third-order valence-corrected chi connectivity index (χ3v) is 3.10. The molecule has 0 atom stereocenters. The van der Waals surface area contributed by atoms with Crippen LogP contribution in [0.4, 0.5) is 0 Å². The Labute approximate surface area is 131 Å². The molecule has 2 heteroatoms. The first kappa shape index (κ1) is 20.0. The summed E-state index contributed by atoms with van der Waals surface area (Å²) in [6, 6.07) is 6.45. The van der Waals surface area contributed by atoms with Crippen LogP contribution in [0, 0.1) is 0 Å². The zero-order valence-corrected chi connectivity index (χ0v) is 15.2. The van der Waals surface area contributed by atoms with Crippen molar-refractivity contribution in [1.82, 2.24) is 0 Å². The van der Waals surface area contributed by atoms with E-state index in [-0.39, 0.29) is 6.10 Å². The van der Waals surface area contributed by atoms with E-state index < -0.39 is 0 Å². The molecular weight excluding hydrogens is 260 g/mol. The average molecular weight is 294 g/mol. The Morgan fingerprint density at radius 3 is 1.67 bits per heavy atom. The summed E-state index contributed by atoms with van der Waals surface area (Å²) in [5.41, 5.74) is 2.58. The highest BCUT2D eigenvalue weighted by molar-refractivity contribution is 5.44. The van der Waals surface area contributed by atoms with Gasteiger partial charge in [0, 0.05) is 0 Å². The van der Waals surface area contributed by atoms with Crippen LogP contribution in [0.2, 0.25) is 0 Å². The molecular formula is C19H34O2. The fourth-order valence-electron chi connectivity index (χ4n) is 2.08. The van der Waals surface area contributed by atoms with Gasteiger partial charge in [0.15, 0.2) is 0 Å². The summed E-state index contributed by atoms with van der Waals surface area (Å²) in [6.07, 6.45) is 0.258. The van der Waals surface area contributed by atoms with Gasteiger partial charge in [-0.05, 0) is 36.8 Å². The summed E-state index contributed by atoms with van der Waals surface area (Å²) < 4.78 is 11.6. The molecule has 0 aliphatic heterocycles. The molecule has 0 saturated heterocycles. The van der Waals surface area contributed by atoms with Crippen LogP contribution < -0.4 is 4.74 Å². The molecule has 122 valence electrons. The summed E-state index contributed by atoms with van der Waals surface area (Å²) in [5.74, 6) is 2.00. The molecule has 1 rings (SSSR count). The molecule has 0 aromatic heterocycles. The summed E-state index contributed by atoms with van der Waals surface area (Å²) in [6.45, 7) is 18.2. The van der Waals surface area contributed by atoms with E-state index in [1.54, 1.807) is 0 Å². The summed E-state index contributed by atoms with van der Waals surface area (Å²) in [4.78, 5) is 0. The second kappa shape index (κ2) is 10.7. The van der Waals surface area contributed by atoms with E-state index in [1.165, 1.54) is 11.1 Å². The van der Waals surface area contributed by atoms with Crippen LogP contribution in [0.25, 0.3) is 0 Å². The maximum absolute atomic E-state index is 6.02. The molecule has 0 saturated carbocycles.